The fraction of sp³-hybridized carbons (Fsp3) is 0.375. The van der Waals surface area contributed by atoms with Crippen LogP contribution in [0.25, 0.3) is 0 Å². The summed E-state index contributed by atoms with van der Waals surface area (Å²) >= 11 is 3.27. The van der Waals surface area contributed by atoms with E-state index < -0.39 is 6.10 Å². The molecule has 1 aromatic carbocycles. The number of aliphatic hydroxyl groups excluding tert-OH is 1. The number of furan rings is 1. The first-order valence-electron chi connectivity index (χ1n) is 6.83. The van der Waals surface area contributed by atoms with Crippen LogP contribution in [0.3, 0.4) is 0 Å². The van der Waals surface area contributed by atoms with Crippen molar-refractivity contribution in [2.24, 2.45) is 0 Å². The SMILES string of the molecule is Cc1ccc(OCC(O)CN(C)Cc2ccc(Br)o2)cc1. The highest BCUT2D eigenvalue weighted by atomic mass is 79.9. The molecule has 0 amide bonds. The first kappa shape index (κ1) is 16.1. The molecule has 0 radical (unpaired) electrons. The number of rotatable bonds is 7. The van der Waals surface area contributed by atoms with Crippen molar-refractivity contribution in [3.8, 4) is 5.75 Å². The maximum absolute atomic E-state index is 10.0. The summed E-state index contributed by atoms with van der Waals surface area (Å²) in [7, 11) is 1.94. The highest BCUT2D eigenvalue weighted by Gasteiger charge is 2.11. The zero-order valence-electron chi connectivity index (χ0n) is 12.3. The molecule has 114 valence electrons. The Kier molecular flexibility index (Phi) is 5.85. The van der Waals surface area contributed by atoms with Crippen LogP contribution in [0.1, 0.15) is 11.3 Å². The molecule has 0 aliphatic heterocycles. The maximum atomic E-state index is 10.0. The summed E-state index contributed by atoms with van der Waals surface area (Å²) in [4.78, 5) is 1.99. The molecule has 1 aromatic heterocycles. The van der Waals surface area contributed by atoms with Gasteiger partial charge in [-0.3, -0.25) is 4.90 Å². The van der Waals surface area contributed by atoms with E-state index in [1.165, 1.54) is 5.56 Å². The number of ether oxygens (including phenoxy) is 1. The van der Waals surface area contributed by atoms with Crippen LogP contribution in [0.4, 0.5) is 0 Å². The number of halogens is 1. The van der Waals surface area contributed by atoms with Crippen LogP contribution in [0.2, 0.25) is 0 Å². The van der Waals surface area contributed by atoms with Crippen molar-refractivity contribution in [2.75, 3.05) is 20.2 Å². The van der Waals surface area contributed by atoms with Gasteiger partial charge in [-0.05, 0) is 54.2 Å². The summed E-state index contributed by atoms with van der Waals surface area (Å²) in [6.45, 7) is 3.47. The molecular weight excluding hydrogens is 334 g/mol. The number of nitrogens with zero attached hydrogens (tertiary/aromatic N) is 1. The Labute approximate surface area is 133 Å². The van der Waals surface area contributed by atoms with E-state index in [1.807, 2.05) is 55.3 Å². The number of likely N-dealkylation sites (N-methyl/N-ethyl adjacent to an activating group) is 1. The van der Waals surface area contributed by atoms with Crippen molar-refractivity contribution in [1.82, 2.24) is 4.90 Å². The van der Waals surface area contributed by atoms with Gasteiger partial charge in [0.25, 0.3) is 0 Å². The molecule has 0 fully saturated rings. The largest absolute Gasteiger partial charge is 0.491 e. The Balaban J connectivity index is 1.73. The Bertz CT molecular complexity index is 553. The Morgan fingerprint density at radius 2 is 1.95 bits per heavy atom. The van der Waals surface area contributed by atoms with Gasteiger partial charge in [0.15, 0.2) is 4.67 Å². The summed E-state index contributed by atoms with van der Waals surface area (Å²) in [5.74, 6) is 1.63. The van der Waals surface area contributed by atoms with Gasteiger partial charge in [0.05, 0.1) is 6.54 Å². The van der Waals surface area contributed by atoms with Gasteiger partial charge in [-0.25, -0.2) is 0 Å². The zero-order valence-corrected chi connectivity index (χ0v) is 13.8. The first-order chi connectivity index (χ1) is 10.0. The first-order valence-corrected chi connectivity index (χ1v) is 7.62. The second-order valence-corrected chi connectivity index (χ2v) is 5.96. The average Bonchev–Trinajstić information content (AvgIpc) is 2.83. The molecule has 5 heteroatoms. The van der Waals surface area contributed by atoms with Crippen LogP contribution in [0.15, 0.2) is 45.5 Å². The van der Waals surface area contributed by atoms with E-state index in [-0.39, 0.29) is 6.61 Å². The van der Waals surface area contributed by atoms with E-state index in [1.54, 1.807) is 0 Å². The predicted molar refractivity (Wildman–Crippen MR) is 85.4 cm³/mol. The fourth-order valence-corrected chi connectivity index (χ4v) is 2.35. The summed E-state index contributed by atoms with van der Waals surface area (Å²) in [6, 6.07) is 11.6. The van der Waals surface area contributed by atoms with Crippen molar-refractivity contribution in [2.45, 2.75) is 19.6 Å². The molecule has 2 rings (SSSR count). The number of hydrogen-bond acceptors (Lipinski definition) is 4. The van der Waals surface area contributed by atoms with Crippen LogP contribution in [-0.4, -0.2) is 36.3 Å². The Hall–Kier alpha value is -1.30. The molecule has 1 unspecified atom stereocenters. The van der Waals surface area contributed by atoms with Gasteiger partial charge >= 0.3 is 0 Å². The van der Waals surface area contributed by atoms with E-state index >= 15 is 0 Å². The quantitative estimate of drug-likeness (QED) is 0.829. The lowest BCUT2D eigenvalue weighted by atomic mass is 10.2. The van der Waals surface area contributed by atoms with Crippen LogP contribution >= 0.6 is 15.9 Å². The Morgan fingerprint density at radius 1 is 1.24 bits per heavy atom. The van der Waals surface area contributed by atoms with Gasteiger partial charge in [-0.2, -0.15) is 0 Å². The number of benzene rings is 1. The molecule has 1 atom stereocenters. The molecule has 2 aromatic rings. The molecule has 0 saturated heterocycles. The lowest BCUT2D eigenvalue weighted by Gasteiger charge is -2.19. The molecule has 1 heterocycles. The zero-order chi connectivity index (χ0) is 15.2. The molecule has 0 saturated carbocycles. The molecule has 0 spiro atoms. The van der Waals surface area contributed by atoms with Gasteiger partial charge in [-0.15, -0.1) is 0 Å². The third-order valence-electron chi connectivity index (χ3n) is 3.04. The maximum Gasteiger partial charge on any atom is 0.169 e. The molecule has 0 aliphatic rings. The lowest BCUT2D eigenvalue weighted by Crippen LogP contribution is -2.32. The van der Waals surface area contributed by atoms with Crippen molar-refractivity contribution in [1.29, 1.82) is 0 Å². The Morgan fingerprint density at radius 3 is 2.57 bits per heavy atom. The molecule has 1 N–H and O–H groups in total. The highest BCUT2D eigenvalue weighted by molar-refractivity contribution is 9.10. The minimum atomic E-state index is -0.547. The minimum absolute atomic E-state index is 0.273. The normalized spacial score (nSPS) is 12.6. The molecule has 0 bridgehead atoms. The van der Waals surface area contributed by atoms with E-state index in [9.17, 15) is 5.11 Å². The molecule has 21 heavy (non-hydrogen) atoms. The van der Waals surface area contributed by atoms with Crippen LogP contribution in [-0.2, 0) is 6.54 Å². The van der Waals surface area contributed by atoms with Gasteiger partial charge in [0.1, 0.15) is 24.2 Å². The number of aryl methyl sites for hydroxylation is 1. The number of aliphatic hydroxyl groups is 1. The molecular formula is C16H20BrNO3. The standard InChI is InChI=1S/C16H20BrNO3/c1-12-3-5-14(6-4-12)20-11-13(19)9-18(2)10-15-7-8-16(17)21-15/h3-8,13,19H,9-11H2,1-2H3. The minimum Gasteiger partial charge on any atom is -0.491 e. The van der Waals surface area contributed by atoms with E-state index in [0.717, 1.165) is 11.5 Å². The van der Waals surface area contributed by atoms with Crippen LogP contribution in [0.5, 0.6) is 5.75 Å². The fourth-order valence-electron chi connectivity index (χ4n) is 2.01. The van der Waals surface area contributed by atoms with Crippen LogP contribution < -0.4 is 4.74 Å². The summed E-state index contributed by atoms with van der Waals surface area (Å²) in [5.41, 5.74) is 1.19. The van der Waals surface area contributed by atoms with Crippen molar-refractivity contribution >= 4 is 15.9 Å². The molecule has 4 nitrogen and oxygen atoms in total. The summed E-state index contributed by atoms with van der Waals surface area (Å²) in [6.07, 6.45) is -0.547. The summed E-state index contributed by atoms with van der Waals surface area (Å²) in [5, 5.41) is 10.0. The monoisotopic (exact) mass is 353 g/mol. The van der Waals surface area contributed by atoms with Gasteiger partial charge < -0.3 is 14.3 Å². The van der Waals surface area contributed by atoms with Gasteiger partial charge in [-0.1, -0.05) is 17.7 Å². The smallest absolute Gasteiger partial charge is 0.169 e. The van der Waals surface area contributed by atoms with E-state index in [2.05, 4.69) is 15.9 Å². The lowest BCUT2D eigenvalue weighted by molar-refractivity contribution is 0.0724. The third kappa shape index (κ3) is 5.53. The third-order valence-corrected chi connectivity index (χ3v) is 3.47. The highest BCUT2D eigenvalue weighted by Crippen LogP contribution is 2.15. The molecule has 0 aliphatic carbocycles. The van der Waals surface area contributed by atoms with E-state index in [4.69, 9.17) is 9.15 Å². The van der Waals surface area contributed by atoms with E-state index in [0.29, 0.717) is 17.8 Å². The van der Waals surface area contributed by atoms with Gasteiger partial charge in [0.2, 0.25) is 0 Å². The second-order valence-electron chi connectivity index (χ2n) is 5.18. The average molecular weight is 354 g/mol. The predicted octanol–water partition coefficient (Wildman–Crippen LogP) is 3.22. The van der Waals surface area contributed by atoms with Crippen molar-refractivity contribution in [3.63, 3.8) is 0 Å². The summed E-state index contributed by atoms with van der Waals surface area (Å²) < 4.78 is 11.7. The van der Waals surface area contributed by atoms with Crippen LogP contribution in [0, 0.1) is 6.92 Å². The number of hydrogen-bond donors (Lipinski definition) is 1. The topological polar surface area (TPSA) is 45.8 Å². The second kappa shape index (κ2) is 7.64. The van der Waals surface area contributed by atoms with Gasteiger partial charge in [0, 0.05) is 6.54 Å². The van der Waals surface area contributed by atoms with Crippen molar-refractivity contribution < 1.29 is 14.3 Å². The van der Waals surface area contributed by atoms with Crippen molar-refractivity contribution in [3.05, 3.63) is 52.4 Å².